The van der Waals surface area contributed by atoms with Crippen molar-refractivity contribution in [3.8, 4) is 0 Å². The van der Waals surface area contributed by atoms with Gasteiger partial charge in [-0.25, -0.2) is 0 Å². The second kappa shape index (κ2) is 4.51. The van der Waals surface area contributed by atoms with Crippen molar-refractivity contribution in [2.45, 2.75) is 44.8 Å². The van der Waals surface area contributed by atoms with Crippen LogP contribution in [0.25, 0.3) is 0 Å². The summed E-state index contributed by atoms with van der Waals surface area (Å²) in [6, 6.07) is 3.00. The number of rotatable bonds is 3. The summed E-state index contributed by atoms with van der Waals surface area (Å²) in [6.45, 7) is 7.01. The van der Waals surface area contributed by atoms with E-state index in [4.69, 9.17) is 15.0 Å². The van der Waals surface area contributed by atoms with Crippen LogP contribution in [0.1, 0.15) is 32.6 Å². The molecule has 0 amide bonds. The molecule has 0 aromatic carbocycles. The van der Waals surface area contributed by atoms with E-state index in [0.29, 0.717) is 4.78 Å². The second-order valence-corrected chi connectivity index (χ2v) is 6.81. The Kier molecular flexibility index (Phi) is 3.54. The van der Waals surface area contributed by atoms with Gasteiger partial charge in [0.05, 0.1) is 22.6 Å². The molecule has 2 N–H and O–H groups in total. The van der Waals surface area contributed by atoms with Gasteiger partial charge in [-0.15, -0.1) is 11.3 Å². The Hall–Kier alpha value is -0.495. The predicted octanol–water partition coefficient (Wildman–Crippen LogP) is 2.10. The zero-order chi connectivity index (χ0) is 14.5. The van der Waals surface area contributed by atoms with Crippen molar-refractivity contribution in [2.75, 3.05) is 6.54 Å². The van der Waals surface area contributed by atoms with E-state index in [1.54, 1.807) is 6.07 Å². The molecule has 0 saturated carbocycles. The van der Waals surface area contributed by atoms with Crippen molar-refractivity contribution < 1.29 is 18.1 Å². The van der Waals surface area contributed by atoms with Gasteiger partial charge >= 0.3 is 7.12 Å². The lowest BCUT2D eigenvalue weighted by Crippen LogP contribution is -2.41. The molecular weight excluding hydrogens is 271 g/mol. The Morgan fingerprint density at radius 2 is 1.74 bits per heavy atom. The van der Waals surface area contributed by atoms with Gasteiger partial charge in [0.2, 0.25) is 0 Å². The minimum Gasteiger partial charge on any atom is -0.399 e. The van der Waals surface area contributed by atoms with Gasteiger partial charge in [0.1, 0.15) is 0 Å². The van der Waals surface area contributed by atoms with Crippen LogP contribution in [0.5, 0.6) is 0 Å². The maximum absolute atomic E-state index is 13.5. The van der Waals surface area contributed by atoms with Gasteiger partial charge in [0.25, 0.3) is 5.92 Å². The van der Waals surface area contributed by atoms with E-state index < -0.39 is 30.8 Å². The van der Waals surface area contributed by atoms with Crippen molar-refractivity contribution in [1.29, 1.82) is 0 Å². The van der Waals surface area contributed by atoms with Gasteiger partial charge in [-0.05, 0) is 33.8 Å². The van der Waals surface area contributed by atoms with Crippen molar-refractivity contribution >= 4 is 23.2 Å². The average Bonchev–Trinajstić information content (AvgIpc) is 2.83. The van der Waals surface area contributed by atoms with E-state index in [1.165, 1.54) is 6.07 Å². The Morgan fingerprint density at radius 1 is 1.21 bits per heavy atom. The van der Waals surface area contributed by atoms with E-state index >= 15 is 0 Å². The molecule has 1 saturated heterocycles. The lowest BCUT2D eigenvalue weighted by Gasteiger charge is -2.32. The standard InChI is InChI=1S/C12H18BF2NO2S/c1-10(2)11(3,4)18-13(17-10)9-6-5-8(19-9)12(14,15)7-16/h5-6H,7,16H2,1-4H3. The van der Waals surface area contributed by atoms with Gasteiger partial charge in [-0.3, -0.25) is 0 Å². The molecule has 1 aromatic rings. The molecule has 0 atom stereocenters. The monoisotopic (exact) mass is 289 g/mol. The SMILES string of the molecule is CC1(C)OB(c2ccc(C(F)(F)CN)s2)OC1(C)C. The van der Waals surface area contributed by atoms with Gasteiger partial charge in [-0.1, -0.05) is 6.07 Å². The third-order valence-electron chi connectivity index (χ3n) is 3.73. The van der Waals surface area contributed by atoms with Crippen molar-refractivity contribution in [2.24, 2.45) is 5.73 Å². The highest BCUT2D eigenvalue weighted by atomic mass is 32.1. The van der Waals surface area contributed by atoms with Gasteiger partial charge in [0.15, 0.2) is 0 Å². The molecule has 106 valence electrons. The number of hydrogen-bond donors (Lipinski definition) is 1. The summed E-state index contributed by atoms with van der Waals surface area (Å²) in [7, 11) is -0.600. The van der Waals surface area contributed by atoms with Crippen LogP contribution in [0.3, 0.4) is 0 Å². The second-order valence-electron chi connectivity index (χ2n) is 5.70. The Morgan fingerprint density at radius 3 is 2.21 bits per heavy atom. The maximum atomic E-state index is 13.5. The van der Waals surface area contributed by atoms with Crippen LogP contribution in [-0.2, 0) is 15.2 Å². The van der Waals surface area contributed by atoms with Crippen LogP contribution in [0.4, 0.5) is 8.78 Å². The third kappa shape index (κ3) is 2.56. The Labute approximate surface area is 116 Å². The average molecular weight is 289 g/mol. The molecule has 7 heteroatoms. The molecular formula is C12H18BF2NO2S. The fourth-order valence-electron chi connectivity index (χ4n) is 1.74. The van der Waals surface area contributed by atoms with Crippen LogP contribution in [-0.4, -0.2) is 24.9 Å². The number of nitrogens with two attached hydrogens (primary N) is 1. The molecule has 0 bridgehead atoms. The highest BCUT2D eigenvalue weighted by Gasteiger charge is 2.52. The summed E-state index contributed by atoms with van der Waals surface area (Å²) in [5.74, 6) is -2.99. The number of alkyl halides is 2. The number of thiophene rings is 1. The van der Waals surface area contributed by atoms with Crippen LogP contribution in [0.2, 0.25) is 0 Å². The molecule has 3 nitrogen and oxygen atoms in total. The molecule has 0 aliphatic carbocycles. The smallest absolute Gasteiger partial charge is 0.399 e. The Bertz CT molecular complexity index is 460. The van der Waals surface area contributed by atoms with Crippen LogP contribution >= 0.6 is 11.3 Å². The zero-order valence-corrected chi connectivity index (χ0v) is 12.3. The Balaban J connectivity index is 2.22. The molecule has 1 fully saturated rings. The normalized spacial score (nSPS) is 21.9. The summed E-state index contributed by atoms with van der Waals surface area (Å²) < 4.78 is 39.3. The molecule has 1 aliphatic rings. The molecule has 0 unspecified atom stereocenters. The first-order valence-corrected chi connectivity index (χ1v) is 6.94. The summed E-state index contributed by atoms with van der Waals surface area (Å²) in [6.07, 6.45) is 0. The van der Waals surface area contributed by atoms with Crippen molar-refractivity contribution in [3.63, 3.8) is 0 Å². The van der Waals surface area contributed by atoms with E-state index in [0.717, 1.165) is 11.3 Å². The predicted molar refractivity (Wildman–Crippen MR) is 73.0 cm³/mol. The summed E-state index contributed by atoms with van der Waals surface area (Å²) in [5.41, 5.74) is 4.13. The zero-order valence-electron chi connectivity index (χ0n) is 11.5. The lowest BCUT2D eigenvalue weighted by molar-refractivity contribution is 0.00578. The molecule has 19 heavy (non-hydrogen) atoms. The fourth-order valence-corrected chi connectivity index (χ4v) is 2.69. The number of halogens is 2. The lowest BCUT2D eigenvalue weighted by atomic mass is 9.88. The fraction of sp³-hybridized carbons (Fsp3) is 0.667. The molecule has 0 radical (unpaired) electrons. The van der Waals surface area contributed by atoms with Gasteiger partial charge in [-0.2, -0.15) is 8.78 Å². The highest BCUT2D eigenvalue weighted by Crippen LogP contribution is 2.38. The first-order valence-electron chi connectivity index (χ1n) is 6.13. The molecule has 1 aromatic heterocycles. The molecule has 2 heterocycles. The van der Waals surface area contributed by atoms with E-state index in [2.05, 4.69) is 0 Å². The first-order chi connectivity index (χ1) is 8.59. The van der Waals surface area contributed by atoms with E-state index in [-0.39, 0.29) is 4.88 Å². The summed E-state index contributed by atoms with van der Waals surface area (Å²) >= 11 is 0.983. The minimum atomic E-state index is -2.99. The van der Waals surface area contributed by atoms with Crippen LogP contribution < -0.4 is 10.5 Å². The number of hydrogen-bond acceptors (Lipinski definition) is 4. The van der Waals surface area contributed by atoms with Crippen molar-refractivity contribution in [3.05, 3.63) is 17.0 Å². The summed E-state index contributed by atoms with van der Waals surface area (Å²) in [4.78, 5) is -0.0558. The topological polar surface area (TPSA) is 44.5 Å². The van der Waals surface area contributed by atoms with Crippen LogP contribution in [0.15, 0.2) is 12.1 Å². The molecule has 1 aliphatic heterocycles. The molecule has 0 spiro atoms. The van der Waals surface area contributed by atoms with Gasteiger partial charge in [0, 0.05) is 4.78 Å². The van der Waals surface area contributed by atoms with Gasteiger partial charge < -0.3 is 15.0 Å². The first kappa shape index (κ1) is 14.9. The highest BCUT2D eigenvalue weighted by molar-refractivity contribution is 7.22. The summed E-state index contributed by atoms with van der Waals surface area (Å²) in [5, 5.41) is 0. The maximum Gasteiger partial charge on any atom is 0.505 e. The minimum absolute atomic E-state index is 0.0558. The third-order valence-corrected chi connectivity index (χ3v) is 4.95. The molecule has 2 rings (SSSR count). The van der Waals surface area contributed by atoms with E-state index in [9.17, 15) is 8.78 Å². The van der Waals surface area contributed by atoms with Crippen molar-refractivity contribution in [1.82, 2.24) is 0 Å². The van der Waals surface area contributed by atoms with E-state index in [1.807, 2.05) is 27.7 Å². The van der Waals surface area contributed by atoms with Crippen LogP contribution in [0, 0.1) is 0 Å². The quantitative estimate of drug-likeness (QED) is 0.867. The largest absolute Gasteiger partial charge is 0.505 e.